The van der Waals surface area contributed by atoms with E-state index in [2.05, 4.69) is 26.5 Å². The zero-order valence-electron chi connectivity index (χ0n) is 12.4. The van der Waals surface area contributed by atoms with Crippen LogP contribution in [0.4, 0.5) is 0 Å². The fraction of sp³-hybridized carbons (Fsp3) is 0.0588. The maximum absolute atomic E-state index is 12.4. The average Bonchev–Trinajstić information content (AvgIpc) is 2.89. The number of hydrogen-bond acceptors (Lipinski definition) is 3. The molecule has 1 amide bonds. The molecule has 0 saturated heterocycles. The van der Waals surface area contributed by atoms with E-state index in [9.17, 15) is 4.79 Å². The third kappa shape index (κ3) is 3.64. The lowest BCUT2D eigenvalue weighted by Crippen LogP contribution is -2.18. The van der Waals surface area contributed by atoms with Gasteiger partial charge in [-0.2, -0.15) is 5.10 Å². The molecule has 0 atom stereocenters. The lowest BCUT2D eigenvalue weighted by Gasteiger charge is -2.02. The number of hydrazone groups is 1. The Bertz CT molecular complexity index is 951. The molecule has 0 aliphatic heterocycles. The van der Waals surface area contributed by atoms with Crippen molar-refractivity contribution in [1.82, 2.24) is 5.43 Å². The first kappa shape index (κ1) is 17.4. The van der Waals surface area contributed by atoms with E-state index in [1.165, 1.54) is 11.3 Å². The molecule has 1 aromatic heterocycles. The number of thiophene rings is 1. The third-order valence-electron chi connectivity index (χ3n) is 3.38. The number of hydrogen-bond donors (Lipinski definition) is 1. The van der Waals surface area contributed by atoms with Crippen LogP contribution in [-0.2, 0) is 0 Å². The zero-order chi connectivity index (χ0) is 17.3. The monoisotopic (exact) mass is 440 g/mol. The third-order valence-corrected chi connectivity index (χ3v) is 5.79. The van der Waals surface area contributed by atoms with Crippen LogP contribution >= 0.6 is 50.5 Å². The van der Waals surface area contributed by atoms with Crippen LogP contribution in [0, 0.1) is 0 Å². The predicted octanol–water partition coefficient (Wildman–Crippen LogP) is 6.12. The molecule has 0 saturated carbocycles. The lowest BCUT2D eigenvalue weighted by molar-refractivity contribution is 0.0959. The highest BCUT2D eigenvalue weighted by Crippen LogP contribution is 2.36. The second kappa shape index (κ2) is 7.23. The molecule has 2 aromatic carbocycles. The van der Waals surface area contributed by atoms with Crippen molar-refractivity contribution in [1.29, 1.82) is 0 Å². The van der Waals surface area contributed by atoms with Crippen molar-refractivity contribution in [3.63, 3.8) is 0 Å². The molecule has 0 bridgehead atoms. The Kier molecular flexibility index (Phi) is 5.25. The van der Waals surface area contributed by atoms with E-state index >= 15 is 0 Å². The van der Waals surface area contributed by atoms with E-state index in [1.807, 2.05) is 37.3 Å². The molecule has 0 spiro atoms. The summed E-state index contributed by atoms with van der Waals surface area (Å²) in [7, 11) is 0. The maximum atomic E-state index is 12.4. The van der Waals surface area contributed by atoms with Gasteiger partial charge in [-0.25, -0.2) is 5.43 Å². The predicted molar refractivity (Wildman–Crippen MR) is 106 cm³/mol. The van der Waals surface area contributed by atoms with Gasteiger partial charge in [0.25, 0.3) is 5.91 Å². The highest BCUT2D eigenvalue weighted by molar-refractivity contribution is 9.10. The van der Waals surface area contributed by atoms with E-state index in [4.69, 9.17) is 23.2 Å². The van der Waals surface area contributed by atoms with Crippen molar-refractivity contribution >= 4 is 72.2 Å². The van der Waals surface area contributed by atoms with E-state index in [-0.39, 0.29) is 5.91 Å². The Morgan fingerprint density at radius 1 is 1.17 bits per heavy atom. The number of carbonyl (C=O) groups is 1. The number of nitrogens with zero attached hydrogens (tertiary/aromatic N) is 1. The van der Waals surface area contributed by atoms with Gasteiger partial charge in [-0.3, -0.25) is 4.79 Å². The molecule has 122 valence electrons. The first-order valence-corrected chi connectivity index (χ1v) is 9.30. The minimum atomic E-state index is -0.328. The first-order valence-electron chi connectivity index (χ1n) is 6.94. The number of amides is 1. The molecular formula is C17H11BrCl2N2OS. The number of halogens is 3. The van der Waals surface area contributed by atoms with Crippen molar-refractivity contribution in [2.75, 3.05) is 0 Å². The summed E-state index contributed by atoms with van der Waals surface area (Å²) in [4.78, 5) is 12.8. The van der Waals surface area contributed by atoms with Crippen LogP contribution in [0.1, 0.15) is 22.2 Å². The van der Waals surface area contributed by atoms with E-state index in [1.54, 1.807) is 12.1 Å². The summed E-state index contributed by atoms with van der Waals surface area (Å²) >= 11 is 16.9. The largest absolute Gasteiger partial charge is 0.283 e. The quantitative estimate of drug-likeness (QED) is 0.385. The summed E-state index contributed by atoms with van der Waals surface area (Å²) in [6.45, 7) is 1.81. The highest BCUT2D eigenvalue weighted by Gasteiger charge is 2.17. The molecule has 24 heavy (non-hydrogen) atoms. The van der Waals surface area contributed by atoms with Crippen molar-refractivity contribution < 1.29 is 4.79 Å². The van der Waals surface area contributed by atoms with Crippen molar-refractivity contribution in [2.45, 2.75) is 6.92 Å². The molecule has 7 heteroatoms. The second-order valence-electron chi connectivity index (χ2n) is 5.03. The maximum Gasteiger partial charge on any atom is 0.283 e. The Hall–Kier alpha value is -1.40. The SMILES string of the molecule is CC(=NNC(=O)c1sc2cc(Br)ccc2c1Cl)c1ccc(Cl)cc1. The Balaban J connectivity index is 1.83. The molecule has 3 rings (SSSR count). The number of rotatable bonds is 3. The minimum Gasteiger partial charge on any atom is -0.266 e. The summed E-state index contributed by atoms with van der Waals surface area (Å²) in [5.74, 6) is -0.328. The van der Waals surface area contributed by atoms with E-state index < -0.39 is 0 Å². The van der Waals surface area contributed by atoms with Gasteiger partial charge in [0.15, 0.2) is 0 Å². The van der Waals surface area contributed by atoms with Gasteiger partial charge in [-0.15, -0.1) is 11.3 Å². The molecule has 3 aromatic rings. The fourth-order valence-electron chi connectivity index (χ4n) is 2.13. The van der Waals surface area contributed by atoms with Gasteiger partial charge >= 0.3 is 0 Å². The van der Waals surface area contributed by atoms with Gasteiger partial charge in [-0.05, 0) is 36.8 Å². The Morgan fingerprint density at radius 3 is 2.58 bits per heavy atom. The summed E-state index contributed by atoms with van der Waals surface area (Å²) in [5, 5.41) is 6.09. The highest BCUT2D eigenvalue weighted by atomic mass is 79.9. The van der Waals surface area contributed by atoms with E-state index in [0.29, 0.717) is 20.6 Å². The Morgan fingerprint density at radius 2 is 1.88 bits per heavy atom. The number of nitrogens with one attached hydrogen (secondary N) is 1. The van der Waals surface area contributed by atoms with Crippen LogP contribution in [0.5, 0.6) is 0 Å². The van der Waals surface area contributed by atoms with Crippen LogP contribution in [0.2, 0.25) is 10.0 Å². The lowest BCUT2D eigenvalue weighted by atomic mass is 10.1. The minimum absolute atomic E-state index is 0.328. The van der Waals surface area contributed by atoms with Gasteiger partial charge in [0.05, 0.1) is 10.7 Å². The van der Waals surface area contributed by atoms with Gasteiger partial charge < -0.3 is 0 Å². The summed E-state index contributed by atoms with van der Waals surface area (Å²) in [5.41, 5.74) is 4.12. The van der Waals surface area contributed by atoms with Crippen molar-refractivity contribution in [3.8, 4) is 0 Å². The van der Waals surface area contributed by atoms with Gasteiger partial charge in [0.2, 0.25) is 0 Å². The standard InChI is InChI=1S/C17H11BrCl2N2OS/c1-9(10-2-5-12(19)6-3-10)21-22-17(23)16-15(20)13-7-4-11(18)8-14(13)24-16/h2-8H,1H3,(H,22,23). The molecule has 0 unspecified atom stereocenters. The molecule has 0 aliphatic carbocycles. The van der Waals surface area contributed by atoms with Crippen LogP contribution in [-0.4, -0.2) is 11.6 Å². The smallest absolute Gasteiger partial charge is 0.266 e. The first-order chi connectivity index (χ1) is 11.5. The number of carbonyl (C=O) groups excluding carboxylic acids is 1. The van der Waals surface area contributed by atoms with E-state index in [0.717, 1.165) is 20.1 Å². The molecule has 3 nitrogen and oxygen atoms in total. The van der Waals surface area contributed by atoms with Crippen LogP contribution < -0.4 is 5.43 Å². The van der Waals surface area contributed by atoms with Crippen LogP contribution in [0.3, 0.4) is 0 Å². The molecule has 0 aliphatic rings. The molecule has 1 N–H and O–H groups in total. The fourth-order valence-corrected chi connectivity index (χ4v) is 4.21. The van der Waals surface area contributed by atoms with Crippen molar-refractivity contribution in [3.05, 3.63) is 67.4 Å². The summed E-state index contributed by atoms with van der Waals surface area (Å²) in [6, 6.07) is 13.0. The number of fused-ring (bicyclic) bond motifs is 1. The van der Waals surface area contributed by atoms with Gasteiger partial charge in [-0.1, -0.05) is 57.3 Å². The molecule has 1 heterocycles. The molecular weight excluding hydrogens is 431 g/mol. The zero-order valence-corrected chi connectivity index (χ0v) is 16.4. The average molecular weight is 442 g/mol. The summed E-state index contributed by atoms with van der Waals surface area (Å²) in [6.07, 6.45) is 0. The van der Waals surface area contributed by atoms with Gasteiger partial charge in [0, 0.05) is 19.6 Å². The number of benzene rings is 2. The van der Waals surface area contributed by atoms with Crippen LogP contribution in [0.25, 0.3) is 10.1 Å². The molecule has 0 radical (unpaired) electrons. The van der Waals surface area contributed by atoms with Crippen molar-refractivity contribution in [2.24, 2.45) is 5.10 Å². The topological polar surface area (TPSA) is 41.5 Å². The van der Waals surface area contributed by atoms with Crippen LogP contribution in [0.15, 0.2) is 52.0 Å². The molecule has 0 fully saturated rings. The Labute approximate surface area is 161 Å². The normalized spacial score (nSPS) is 11.8. The second-order valence-corrected chi connectivity index (χ2v) is 7.81. The summed E-state index contributed by atoms with van der Waals surface area (Å²) < 4.78 is 1.88. The van der Waals surface area contributed by atoms with Gasteiger partial charge in [0.1, 0.15) is 4.88 Å².